The minimum absolute atomic E-state index is 0.176. The van der Waals surface area contributed by atoms with E-state index in [9.17, 15) is 0 Å². The maximum absolute atomic E-state index is 5.11. The summed E-state index contributed by atoms with van der Waals surface area (Å²) < 4.78 is 5.44. The topological polar surface area (TPSA) is 9.23 Å². The first-order valence-electron chi connectivity index (χ1n) is 2.93. The molecule has 0 saturated carbocycles. The van der Waals surface area contributed by atoms with Crippen molar-refractivity contribution in [3.63, 3.8) is 0 Å². The zero-order valence-corrected chi connectivity index (χ0v) is 7.63. The van der Waals surface area contributed by atoms with Gasteiger partial charge in [-0.25, -0.2) is 0 Å². The molecule has 54 valence electrons. The van der Waals surface area contributed by atoms with Gasteiger partial charge in [0.2, 0.25) is 4.38 Å². The summed E-state index contributed by atoms with van der Waals surface area (Å²) >= 11 is 8.47. The third-order valence-electron chi connectivity index (χ3n) is 1.23. The van der Waals surface area contributed by atoms with Crippen molar-refractivity contribution in [2.75, 3.05) is 0 Å². The van der Waals surface area contributed by atoms with Crippen LogP contribution in [0.2, 0.25) is 0 Å². The van der Waals surface area contributed by atoms with Crippen LogP contribution in [0.3, 0.4) is 0 Å². The largest absolute Gasteiger partial charge is 0.475 e. The normalized spacial score (nSPS) is 13.4. The summed E-state index contributed by atoms with van der Waals surface area (Å²) in [6, 6.07) is 0. The monoisotopic (exact) mass is 164 g/mol. The molecule has 0 aromatic carbocycles. The lowest BCUT2D eigenvalue weighted by Gasteiger charge is -2.15. The summed E-state index contributed by atoms with van der Waals surface area (Å²) in [6.07, 6.45) is 0.176. The van der Waals surface area contributed by atoms with Gasteiger partial charge in [0, 0.05) is 0 Å². The number of ether oxygens (including phenoxy) is 1. The standard InChI is InChI=1S/C6H12OS2/c1-4(2)5(3)7-6(8)9/h4-5H,1-3H3,(H,8,9). The van der Waals surface area contributed by atoms with Crippen LogP contribution < -0.4 is 0 Å². The van der Waals surface area contributed by atoms with Gasteiger partial charge >= 0.3 is 0 Å². The minimum Gasteiger partial charge on any atom is -0.475 e. The Morgan fingerprint density at radius 2 is 1.89 bits per heavy atom. The Hall–Kier alpha value is 0.240. The van der Waals surface area contributed by atoms with Crippen LogP contribution in [0.15, 0.2) is 0 Å². The molecule has 1 unspecified atom stereocenters. The molecule has 0 aromatic heterocycles. The Morgan fingerprint density at radius 1 is 1.44 bits per heavy atom. The first-order valence-corrected chi connectivity index (χ1v) is 3.79. The molecule has 0 fully saturated rings. The summed E-state index contributed by atoms with van der Waals surface area (Å²) in [4.78, 5) is 0. The van der Waals surface area contributed by atoms with Crippen LogP contribution in [0.4, 0.5) is 0 Å². The van der Waals surface area contributed by atoms with Crippen LogP contribution in [0.1, 0.15) is 20.8 Å². The number of thiol groups is 1. The maximum atomic E-state index is 5.11. The van der Waals surface area contributed by atoms with Crippen molar-refractivity contribution in [1.29, 1.82) is 0 Å². The van der Waals surface area contributed by atoms with Crippen molar-refractivity contribution in [3.05, 3.63) is 0 Å². The second kappa shape index (κ2) is 4.12. The summed E-state index contributed by atoms with van der Waals surface area (Å²) in [6.45, 7) is 6.14. The molecule has 0 heterocycles. The molecule has 1 nitrogen and oxygen atoms in total. The highest BCUT2D eigenvalue weighted by Gasteiger charge is 2.07. The van der Waals surface area contributed by atoms with E-state index in [1.165, 1.54) is 0 Å². The molecule has 0 aliphatic rings. The van der Waals surface area contributed by atoms with Gasteiger partial charge in [0.25, 0.3) is 0 Å². The fourth-order valence-electron chi connectivity index (χ4n) is 0.295. The van der Waals surface area contributed by atoms with E-state index in [1.807, 2.05) is 6.92 Å². The fourth-order valence-corrected chi connectivity index (χ4v) is 0.613. The summed E-state index contributed by atoms with van der Waals surface area (Å²) in [7, 11) is 0. The molecule has 0 spiro atoms. The van der Waals surface area contributed by atoms with Gasteiger partial charge in [-0.1, -0.05) is 26.5 Å². The number of rotatable bonds is 2. The zero-order chi connectivity index (χ0) is 7.44. The lowest BCUT2D eigenvalue weighted by atomic mass is 10.1. The van der Waals surface area contributed by atoms with Crippen molar-refractivity contribution < 1.29 is 4.74 Å². The molecule has 0 rings (SSSR count). The van der Waals surface area contributed by atoms with Crippen molar-refractivity contribution in [1.82, 2.24) is 0 Å². The van der Waals surface area contributed by atoms with E-state index in [0.29, 0.717) is 10.3 Å². The predicted molar refractivity (Wildman–Crippen MR) is 47.0 cm³/mol. The Kier molecular flexibility index (Phi) is 4.23. The van der Waals surface area contributed by atoms with Crippen molar-refractivity contribution in [2.45, 2.75) is 26.9 Å². The highest BCUT2D eigenvalue weighted by Crippen LogP contribution is 2.06. The third kappa shape index (κ3) is 4.73. The van der Waals surface area contributed by atoms with E-state index < -0.39 is 0 Å². The molecule has 3 heteroatoms. The van der Waals surface area contributed by atoms with Gasteiger partial charge in [-0.2, -0.15) is 0 Å². The van der Waals surface area contributed by atoms with Crippen molar-refractivity contribution in [3.8, 4) is 0 Å². The maximum Gasteiger partial charge on any atom is 0.217 e. The molecular formula is C6H12OS2. The number of thiocarbonyl (C=S) groups is 1. The van der Waals surface area contributed by atoms with Crippen LogP contribution in [0.25, 0.3) is 0 Å². The van der Waals surface area contributed by atoms with Gasteiger partial charge in [-0.15, -0.1) is 0 Å². The summed E-state index contributed by atoms with van der Waals surface area (Å²) in [5, 5.41) is 0. The average molecular weight is 164 g/mol. The van der Waals surface area contributed by atoms with E-state index in [0.717, 1.165) is 0 Å². The highest BCUT2D eigenvalue weighted by atomic mass is 32.1. The molecule has 0 amide bonds. The lowest BCUT2D eigenvalue weighted by molar-refractivity contribution is 0.169. The molecule has 0 aliphatic carbocycles. The van der Waals surface area contributed by atoms with E-state index in [4.69, 9.17) is 4.74 Å². The molecule has 0 radical (unpaired) electrons. The average Bonchev–Trinajstić information content (AvgIpc) is 1.63. The van der Waals surface area contributed by atoms with Crippen LogP contribution in [0.5, 0.6) is 0 Å². The Labute approximate surface area is 67.2 Å². The van der Waals surface area contributed by atoms with Crippen LogP contribution in [-0.4, -0.2) is 10.5 Å². The minimum atomic E-state index is 0.176. The molecule has 0 aromatic rings. The summed E-state index contributed by atoms with van der Waals surface area (Å²) in [5.41, 5.74) is 0. The molecule has 0 aliphatic heterocycles. The van der Waals surface area contributed by atoms with Crippen molar-refractivity contribution >= 4 is 29.2 Å². The van der Waals surface area contributed by atoms with E-state index >= 15 is 0 Å². The quantitative estimate of drug-likeness (QED) is 0.495. The molecule has 1 atom stereocenters. The van der Waals surface area contributed by atoms with Gasteiger partial charge in [0.15, 0.2) is 0 Å². The Morgan fingerprint density at radius 3 is 2.00 bits per heavy atom. The third-order valence-corrected chi connectivity index (χ3v) is 1.43. The van der Waals surface area contributed by atoms with E-state index in [-0.39, 0.29) is 6.10 Å². The molecule has 0 N–H and O–H groups in total. The van der Waals surface area contributed by atoms with Crippen LogP contribution in [-0.2, 0) is 4.74 Å². The molecule has 9 heavy (non-hydrogen) atoms. The van der Waals surface area contributed by atoms with Crippen molar-refractivity contribution in [2.24, 2.45) is 5.92 Å². The first kappa shape index (κ1) is 9.24. The van der Waals surface area contributed by atoms with E-state index in [2.05, 4.69) is 38.7 Å². The lowest BCUT2D eigenvalue weighted by Crippen LogP contribution is -2.16. The fraction of sp³-hybridized carbons (Fsp3) is 0.833. The van der Waals surface area contributed by atoms with Crippen LogP contribution in [0, 0.1) is 5.92 Å². The molecule has 0 bridgehead atoms. The smallest absolute Gasteiger partial charge is 0.217 e. The van der Waals surface area contributed by atoms with E-state index in [1.54, 1.807) is 0 Å². The highest BCUT2D eigenvalue weighted by molar-refractivity contribution is 8.10. The first-order chi connectivity index (χ1) is 4.04. The van der Waals surface area contributed by atoms with Crippen LogP contribution >= 0.6 is 24.8 Å². The summed E-state index contributed by atoms with van der Waals surface area (Å²) in [5.74, 6) is 0.495. The zero-order valence-electron chi connectivity index (χ0n) is 5.92. The van der Waals surface area contributed by atoms with Gasteiger partial charge in [0.05, 0.1) is 6.10 Å². The second-order valence-corrected chi connectivity index (χ2v) is 3.41. The van der Waals surface area contributed by atoms with Gasteiger partial charge in [0.1, 0.15) is 0 Å². The second-order valence-electron chi connectivity index (χ2n) is 2.33. The molecule has 0 saturated heterocycles. The SMILES string of the molecule is CC(C)C(C)OC(=S)S. The van der Waals surface area contributed by atoms with Gasteiger partial charge < -0.3 is 4.74 Å². The predicted octanol–water partition coefficient (Wildman–Crippen LogP) is 2.26. The molecular weight excluding hydrogens is 152 g/mol. The number of hydrogen-bond acceptors (Lipinski definition) is 2. The Balaban J connectivity index is 3.50. The van der Waals surface area contributed by atoms with Gasteiger partial charge in [-0.05, 0) is 25.1 Å². The Bertz CT molecular complexity index is 101. The number of hydrogen-bond donors (Lipinski definition) is 1. The van der Waals surface area contributed by atoms with Gasteiger partial charge in [-0.3, -0.25) is 0 Å².